The number of likely N-dealkylation sites (tertiary alicyclic amines) is 1. The van der Waals surface area contributed by atoms with Crippen LogP contribution >= 0.6 is 0 Å². The Hall–Kier alpha value is -1.48. The van der Waals surface area contributed by atoms with Gasteiger partial charge in [0.25, 0.3) is 0 Å². The molecule has 2 saturated heterocycles. The highest BCUT2D eigenvalue weighted by molar-refractivity contribution is 7.88. The molecule has 1 aromatic rings. The average Bonchev–Trinajstić information content (AvgIpc) is 3.14. The van der Waals surface area contributed by atoms with Crippen molar-refractivity contribution in [3.63, 3.8) is 0 Å². The molecule has 3 rings (SSSR count). The van der Waals surface area contributed by atoms with E-state index in [-0.39, 0.29) is 24.4 Å². The number of rotatable bonds is 3. The summed E-state index contributed by atoms with van der Waals surface area (Å²) in [5, 5.41) is 3.94. The van der Waals surface area contributed by atoms with Gasteiger partial charge in [-0.15, -0.1) is 0 Å². The first-order chi connectivity index (χ1) is 10.9. The van der Waals surface area contributed by atoms with Crippen LogP contribution in [0.4, 0.5) is 0 Å². The number of amides is 1. The van der Waals surface area contributed by atoms with Crippen molar-refractivity contribution < 1.29 is 17.7 Å². The summed E-state index contributed by atoms with van der Waals surface area (Å²) in [5.41, 5.74) is 0. The standard InChI is InChI=1S/C14H22N4O4S/c1-10-15-13(16-22-10)12-6-4-8-18(12)14(19)11-5-3-7-17(9-11)23(2,20)21/h11-12H,3-9H2,1-2H3/t11-,12-/m1/s1. The maximum Gasteiger partial charge on any atom is 0.227 e. The number of nitrogens with zero attached hydrogens (tertiary/aromatic N) is 4. The van der Waals surface area contributed by atoms with Gasteiger partial charge in [0.1, 0.15) is 0 Å². The first kappa shape index (κ1) is 16.4. The molecule has 0 spiro atoms. The van der Waals surface area contributed by atoms with E-state index in [2.05, 4.69) is 10.1 Å². The van der Waals surface area contributed by atoms with E-state index in [9.17, 15) is 13.2 Å². The zero-order valence-corrected chi connectivity index (χ0v) is 14.3. The third-order valence-corrected chi connectivity index (χ3v) is 5.85. The molecule has 3 heterocycles. The number of aromatic nitrogens is 2. The fourth-order valence-electron chi connectivity index (χ4n) is 3.43. The molecule has 0 aliphatic carbocycles. The van der Waals surface area contributed by atoms with E-state index in [1.54, 1.807) is 11.8 Å². The van der Waals surface area contributed by atoms with Crippen molar-refractivity contribution in [2.24, 2.45) is 5.92 Å². The Morgan fingerprint density at radius 3 is 2.65 bits per heavy atom. The van der Waals surface area contributed by atoms with Crippen LogP contribution in [0.1, 0.15) is 43.4 Å². The van der Waals surface area contributed by atoms with E-state index in [1.807, 2.05) is 0 Å². The highest BCUT2D eigenvalue weighted by Crippen LogP contribution is 2.33. The van der Waals surface area contributed by atoms with Crippen molar-refractivity contribution >= 4 is 15.9 Å². The lowest BCUT2D eigenvalue weighted by Gasteiger charge is -2.33. The van der Waals surface area contributed by atoms with E-state index in [0.717, 1.165) is 19.3 Å². The molecule has 128 valence electrons. The van der Waals surface area contributed by atoms with E-state index < -0.39 is 10.0 Å². The summed E-state index contributed by atoms with van der Waals surface area (Å²) in [4.78, 5) is 18.9. The van der Waals surface area contributed by atoms with Gasteiger partial charge < -0.3 is 9.42 Å². The highest BCUT2D eigenvalue weighted by Gasteiger charge is 2.38. The molecule has 0 N–H and O–H groups in total. The number of carbonyl (C=O) groups is 1. The molecule has 23 heavy (non-hydrogen) atoms. The van der Waals surface area contributed by atoms with Gasteiger partial charge in [0.15, 0.2) is 5.82 Å². The van der Waals surface area contributed by atoms with Crippen molar-refractivity contribution in [2.45, 2.75) is 38.6 Å². The van der Waals surface area contributed by atoms with Crippen LogP contribution < -0.4 is 0 Å². The zero-order chi connectivity index (χ0) is 16.6. The summed E-state index contributed by atoms with van der Waals surface area (Å²) in [6, 6.07) is -0.159. The summed E-state index contributed by atoms with van der Waals surface area (Å²) in [7, 11) is -3.26. The number of piperidine rings is 1. The van der Waals surface area contributed by atoms with Crippen LogP contribution in [0, 0.1) is 12.8 Å². The quantitative estimate of drug-likeness (QED) is 0.803. The smallest absolute Gasteiger partial charge is 0.227 e. The van der Waals surface area contributed by atoms with Crippen molar-refractivity contribution in [1.29, 1.82) is 0 Å². The molecular formula is C14H22N4O4S. The van der Waals surface area contributed by atoms with Gasteiger partial charge in [-0.2, -0.15) is 4.98 Å². The number of hydrogen-bond acceptors (Lipinski definition) is 6. The Bertz CT molecular complexity index is 687. The number of carbonyl (C=O) groups excluding carboxylic acids is 1. The second-order valence-corrected chi connectivity index (χ2v) is 8.30. The molecule has 2 aliphatic rings. The van der Waals surface area contributed by atoms with Crippen LogP contribution in [0.25, 0.3) is 0 Å². The van der Waals surface area contributed by atoms with E-state index >= 15 is 0 Å². The summed E-state index contributed by atoms with van der Waals surface area (Å²) in [6.07, 6.45) is 4.34. The molecule has 1 amide bonds. The summed E-state index contributed by atoms with van der Waals surface area (Å²) in [5.74, 6) is 0.750. The summed E-state index contributed by atoms with van der Waals surface area (Å²) >= 11 is 0. The number of sulfonamides is 1. The largest absolute Gasteiger partial charge is 0.340 e. The van der Waals surface area contributed by atoms with Crippen molar-refractivity contribution in [2.75, 3.05) is 25.9 Å². The van der Waals surface area contributed by atoms with Crippen molar-refractivity contribution in [1.82, 2.24) is 19.3 Å². The first-order valence-corrected chi connectivity index (χ1v) is 9.77. The highest BCUT2D eigenvalue weighted by atomic mass is 32.2. The maximum atomic E-state index is 12.9. The predicted molar refractivity (Wildman–Crippen MR) is 81.9 cm³/mol. The topological polar surface area (TPSA) is 96.6 Å². The van der Waals surface area contributed by atoms with Crippen LogP contribution in [0.15, 0.2) is 4.52 Å². The fraction of sp³-hybridized carbons (Fsp3) is 0.786. The second kappa shape index (κ2) is 6.20. The fourth-order valence-corrected chi connectivity index (χ4v) is 4.34. The van der Waals surface area contributed by atoms with E-state index in [4.69, 9.17) is 4.52 Å². The Morgan fingerprint density at radius 1 is 1.26 bits per heavy atom. The minimum absolute atomic E-state index is 0.00306. The molecule has 2 atom stereocenters. The summed E-state index contributed by atoms with van der Waals surface area (Å²) < 4.78 is 29.9. The first-order valence-electron chi connectivity index (χ1n) is 7.92. The van der Waals surface area contributed by atoms with Crippen LogP contribution in [0.2, 0.25) is 0 Å². The second-order valence-electron chi connectivity index (χ2n) is 6.32. The number of hydrogen-bond donors (Lipinski definition) is 0. The Morgan fingerprint density at radius 2 is 2.00 bits per heavy atom. The van der Waals surface area contributed by atoms with Gasteiger partial charge in [0.05, 0.1) is 18.2 Å². The molecule has 9 heteroatoms. The third kappa shape index (κ3) is 3.40. The lowest BCUT2D eigenvalue weighted by molar-refractivity contribution is -0.137. The monoisotopic (exact) mass is 342 g/mol. The van der Waals surface area contributed by atoms with E-state index in [0.29, 0.717) is 31.2 Å². The van der Waals surface area contributed by atoms with Gasteiger partial charge in [0.2, 0.25) is 21.8 Å². The molecule has 1 aromatic heterocycles. The van der Waals surface area contributed by atoms with Crippen molar-refractivity contribution in [3.05, 3.63) is 11.7 Å². The van der Waals surface area contributed by atoms with Crippen LogP contribution in [0.5, 0.6) is 0 Å². The van der Waals surface area contributed by atoms with Gasteiger partial charge in [-0.25, -0.2) is 12.7 Å². The SMILES string of the molecule is Cc1nc([C@H]2CCCN2C(=O)[C@@H]2CCCN(S(C)(=O)=O)C2)no1. The molecule has 2 aliphatic heterocycles. The van der Waals surface area contributed by atoms with Crippen LogP contribution in [0.3, 0.4) is 0 Å². The van der Waals surface area contributed by atoms with Gasteiger partial charge in [-0.1, -0.05) is 5.16 Å². The molecule has 0 saturated carbocycles. The Labute approximate surface area is 135 Å². The van der Waals surface area contributed by atoms with Gasteiger partial charge in [-0.3, -0.25) is 4.79 Å². The lowest BCUT2D eigenvalue weighted by Crippen LogP contribution is -2.46. The summed E-state index contributed by atoms with van der Waals surface area (Å²) in [6.45, 7) is 3.15. The normalized spacial score (nSPS) is 26.6. The molecule has 0 unspecified atom stereocenters. The average molecular weight is 342 g/mol. The molecule has 8 nitrogen and oxygen atoms in total. The third-order valence-electron chi connectivity index (χ3n) is 4.58. The minimum atomic E-state index is -3.26. The number of aryl methyl sites for hydroxylation is 1. The van der Waals surface area contributed by atoms with Gasteiger partial charge in [0, 0.05) is 26.6 Å². The maximum absolute atomic E-state index is 12.9. The lowest BCUT2D eigenvalue weighted by atomic mass is 9.97. The van der Waals surface area contributed by atoms with Gasteiger partial charge in [-0.05, 0) is 25.7 Å². The Balaban J connectivity index is 1.74. The molecule has 0 bridgehead atoms. The van der Waals surface area contributed by atoms with E-state index in [1.165, 1.54) is 10.6 Å². The molecule has 0 aromatic carbocycles. The minimum Gasteiger partial charge on any atom is -0.340 e. The van der Waals surface area contributed by atoms with Crippen LogP contribution in [-0.2, 0) is 14.8 Å². The van der Waals surface area contributed by atoms with Gasteiger partial charge >= 0.3 is 0 Å². The molecule has 0 radical (unpaired) electrons. The van der Waals surface area contributed by atoms with Crippen molar-refractivity contribution in [3.8, 4) is 0 Å². The predicted octanol–water partition coefficient (Wildman–Crippen LogP) is 0.713. The Kier molecular flexibility index (Phi) is 4.41. The molecular weight excluding hydrogens is 320 g/mol. The van der Waals surface area contributed by atoms with Crippen LogP contribution in [-0.4, -0.2) is 59.6 Å². The molecule has 2 fully saturated rings. The zero-order valence-electron chi connectivity index (χ0n) is 13.4.